The molecule has 1 fully saturated rings. The Labute approximate surface area is 118 Å². The van der Waals surface area contributed by atoms with Crippen molar-refractivity contribution in [3.05, 3.63) is 35.1 Å². The van der Waals surface area contributed by atoms with Gasteiger partial charge in [-0.3, -0.25) is 4.79 Å². The molecule has 2 N–H and O–H groups in total. The maximum atomic E-state index is 13.8. The molecular formula is C13H14F4N2O2. The molecule has 1 saturated heterocycles. The van der Waals surface area contributed by atoms with Crippen LogP contribution >= 0.6 is 0 Å². The molecule has 116 valence electrons. The highest BCUT2D eigenvalue weighted by Crippen LogP contribution is 2.30. The molecule has 0 aromatic heterocycles. The highest BCUT2D eigenvalue weighted by molar-refractivity contribution is 5.94. The number of rotatable bonds is 2. The minimum atomic E-state index is -4.65. The lowest BCUT2D eigenvalue weighted by molar-refractivity contribution is -0.137. The SMILES string of the molecule is NC[C@H]1CN(C(=O)c2ccc(C(F)(F)F)cc2F)CCO1. The van der Waals surface area contributed by atoms with Gasteiger partial charge in [-0.15, -0.1) is 0 Å². The van der Waals surface area contributed by atoms with Crippen LogP contribution in [0.15, 0.2) is 18.2 Å². The minimum absolute atomic E-state index is 0.190. The molecule has 1 amide bonds. The summed E-state index contributed by atoms with van der Waals surface area (Å²) in [6.45, 7) is 0.903. The zero-order valence-electron chi connectivity index (χ0n) is 11.0. The van der Waals surface area contributed by atoms with Crippen molar-refractivity contribution in [3.8, 4) is 0 Å². The number of ether oxygens (including phenoxy) is 1. The molecule has 1 aromatic rings. The molecule has 0 spiro atoms. The smallest absolute Gasteiger partial charge is 0.373 e. The van der Waals surface area contributed by atoms with Crippen molar-refractivity contribution in [1.29, 1.82) is 0 Å². The van der Waals surface area contributed by atoms with Crippen LogP contribution < -0.4 is 5.73 Å². The van der Waals surface area contributed by atoms with Gasteiger partial charge in [0.1, 0.15) is 5.82 Å². The van der Waals surface area contributed by atoms with E-state index >= 15 is 0 Å². The molecule has 1 heterocycles. The number of halogens is 4. The maximum Gasteiger partial charge on any atom is 0.416 e. The van der Waals surface area contributed by atoms with Gasteiger partial charge in [0.2, 0.25) is 0 Å². The Balaban J connectivity index is 2.20. The summed E-state index contributed by atoms with van der Waals surface area (Å²) in [6.07, 6.45) is -4.99. The Morgan fingerprint density at radius 3 is 2.71 bits per heavy atom. The second-order valence-electron chi connectivity index (χ2n) is 4.67. The van der Waals surface area contributed by atoms with E-state index in [4.69, 9.17) is 10.5 Å². The van der Waals surface area contributed by atoms with E-state index in [1.165, 1.54) is 4.90 Å². The van der Waals surface area contributed by atoms with Gasteiger partial charge in [-0.2, -0.15) is 13.2 Å². The van der Waals surface area contributed by atoms with Gasteiger partial charge in [0.25, 0.3) is 5.91 Å². The summed E-state index contributed by atoms with van der Waals surface area (Å²) in [4.78, 5) is 13.5. The van der Waals surface area contributed by atoms with Crippen molar-refractivity contribution in [3.63, 3.8) is 0 Å². The van der Waals surface area contributed by atoms with Gasteiger partial charge in [-0.25, -0.2) is 4.39 Å². The zero-order chi connectivity index (χ0) is 15.6. The third kappa shape index (κ3) is 3.51. The van der Waals surface area contributed by atoms with Crippen molar-refractivity contribution in [2.45, 2.75) is 12.3 Å². The first-order valence-electron chi connectivity index (χ1n) is 6.30. The molecule has 0 unspecified atom stereocenters. The van der Waals surface area contributed by atoms with Crippen molar-refractivity contribution >= 4 is 5.91 Å². The van der Waals surface area contributed by atoms with Crippen LogP contribution in [0.2, 0.25) is 0 Å². The van der Waals surface area contributed by atoms with Gasteiger partial charge in [-0.05, 0) is 18.2 Å². The molecule has 1 atom stereocenters. The second kappa shape index (κ2) is 5.98. The summed E-state index contributed by atoms with van der Waals surface area (Å²) in [6, 6.07) is 1.87. The lowest BCUT2D eigenvalue weighted by Crippen LogP contribution is -2.48. The summed E-state index contributed by atoms with van der Waals surface area (Å²) >= 11 is 0. The summed E-state index contributed by atoms with van der Waals surface area (Å²) in [5, 5.41) is 0. The van der Waals surface area contributed by atoms with Crippen LogP contribution in [-0.2, 0) is 10.9 Å². The molecule has 4 nitrogen and oxygen atoms in total. The normalized spacial score (nSPS) is 19.7. The number of carbonyl (C=O) groups is 1. The average molecular weight is 306 g/mol. The van der Waals surface area contributed by atoms with E-state index in [0.29, 0.717) is 12.1 Å². The standard InChI is InChI=1S/C13H14F4N2O2/c14-11-5-8(13(15,16)17)1-2-10(11)12(20)19-3-4-21-9(6-18)7-19/h1-2,5,9H,3-4,6-7,18H2/t9-/m0/s1. The van der Waals surface area contributed by atoms with Gasteiger partial charge in [-0.1, -0.05) is 0 Å². The van der Waals surface area contributed by atoms with Crippen LogP contribution in [0.25, 0.3) is 0 Å². The van der Waals surface area contributed by atoms with Gasteiger partial charge in [0.05, 0.1) is 23.8 Å². The number of benzene rings is 1. The summed E-state index contributed by atoms with van der Waals surface area (Å²) < 4.78 is 56.4. The van der Waals surface area contributed by atoms with E-state index in [1.807, 2.05) is 0 Å². The van der Waals surface area contributed by atoms with Crippen LogP contribution in [-0.4, -0.2) is 43.2 Å². The number of nitrogens with zero attached hydrogens (tertiary/aromatic N) is 1. The molecule has 0 aliphatic carbocycles. The van der Waals surface area contributed by atoms with Crippen LogP contribution in [0.5, 0.6) is 0 Å². The van der Waals surface area contributed by atoms with Crippen LogP contribution in [0.3, 0.4) is 0 Å². The Hall–Kier alpha value is -1.67. The third-order valence-electron chi connectivity index (χ3n) is 3.22. The molecule has 1 aliphatic heterocycles. The highest BCUT2D eigenvalue weighted by atomic mass is 19.4. The quantitative estimate of drug-likeness (QED) is 0.845. The molecule has 8 heteroatoms. The van der Waals surface area contributed by atoms with E-state index in [-0.39, 0.29) is 37.9 Å². The number of hydrogen-bond acceptors (Lipinski definition) is 3. The van der Waals surface area contributed by atoms with Crippen LogP contribution in [0.4, 0.5) is 17.6 Å². The number of morpholine rings is 1. The molecule has 1 aliphatic rings. The first-order chi connectivity index (χ1) is 9.82. The minimum Gasteiger partial charge on any atom is -0.373 e. The predicted octanol–water partition coefficient (Wildman–Crippen LogP) is 1.64. The Morgan fingerprint density at radius 2 is 2.14 bits per heavy atom. The van der Waals surface area contributed by atoms with E-state index < -0.39 is 23.5 Å². The fourth-order valence-corrected chi connectivity index (χ4v) is 2.08. The first-order valence-corrected chi connectivity index (χ1v) is 6.30. The largest absolute Gasteiger partial charge is 0.416 e. The van der Waals surface area contributed by atoms with E-state index in [1.54, 1.807) is 0 Å². The number of hydrogen-bond donors (Lipinski definition) is 1. The highest BCUT2D eigenvalue weighted by Gasteiger charge is 2.32. The van der Waals surface area contributed by atoms with Crippen LogP contribution in [0.1, 0.15) is 15.9 Å². The fourth-order valence-electron chi connectivity index (χ4n) is 2.08. The predicted molar refractivity (Wildman–Crippen MR) is 66.1 cm³/mol. The number of amides is 1. The Kier molecular flexibility index (Phi) is 4.48. The van der Waals surface area contributed by atoms with Crippen molar-refractivity contribution in [2.24, 2.45) is 5.73 Å². The molecule has 21 heavy (non-hydrogen) atoms. The van der Waals surface area contributed by atoms with E-state index in [0.717, 1.165) is 6.07 Å². The molecule has 1 aromatic carbocycles. The number of nitrogens with two attached hydrogens (primary N) is 1. The Bertz CT molecular complexity index is 533. The lowest BCUT2D eigenvalue weighted by atomic mass is 10.1. The maximum absolute atomic E-state index is 13.8. The Morgan fingerprint density at radius 1 is 1.43 bits per heavy atom. The van der Waals surface area contributed by atoms with E-state index in [2.05, 4.69) is 0 Å². The molecular weight excluding hydrogens is 292 g/mol. The lowest BCUT2D eigenvalue weighted by Gasteiger charge is -2.32. The topological polar surface area (TPSA) is 55.6 Å². The van der Waals surface area contributed by atoms with Crippen molar-refractivity contribution in [2.75, 3.05) is 26.2 Å². The zero-order valence-corrected chi connectivity index (χ0v) is 11.0. The molecule has 2 rings (SSSR count). The average Bonchev–Trinajstić information content (AvgIpc) is 2.45. The monoisotopic (exact) mass is 306 g/mol. The summed E-state index contributed by atoms with van der Waals surface area (Å²) in [7, 11) is 0. The molecule has 0 saturated carbocycles. The van der Waals surface area contributed by atoms with Gasteiger partial charge in [0.15, 0.2) is 0 Å². The van der Waals surface area contributed by atoms with Crippen LogP contribution in [0, 0.1) is 5.82 Å². The van der Waals surface area contributed by atoms with Gasteiger partial charge in [0, 0.05) is 19.6 Å². The van der Waals surface area contributed by atoms with Gasteiger partial charge < -0.3 is 15.4 Å². The fraction of sp³-hybridized carbons (Fsp3) is 0.462. The molecule has 0 radical (unpaired) electrons. The van der Waals surface area contributed by atoms with Crippen molar-refractivity contribution in [1.82, 2.24) is 4.90 Å². The second-order valence-corrected chi connectivity index (χ2v) is 4.67. The number of alkyl halides is 3. The number of carbonyl (C=O) groups excluding carboxylic acids is 1. The molecule has 0 bridgehead atoms. The van der Waals surface area contributed by atoms with Crippen molar-refractivity contribution < 1.29 is 27.1 Å². The summed E-state index contributed by atoms with van der Waals surface area (Å²) in [5.74, 6) is -1.85. The first kappa shape index (κ1) is 15.7. The third-order valence-corrected chi connectivity index (χ3v) is 3.22. The van der Waals surface area contributed by atoms with Gasteiger partial charge >= 0.3 is 6.18 Å². The summed E-state index contributed by atoms with van der Waals surface area (Å²) in [5.41, 5.74) is 3.93. The van der Waals surface area contributed by atoms with E-state index in [9.17, 15) is 22.4 Å².